The fourth-order valence-corrected chi connectivity index (χ4v) is 3.98. The van der Waals surface area contributed by atoms with Gasteiger partial charge in [0.1, 0.15) is 28.5 Å². The molecule has 0 fully saturated rings. The lowest BCUT2D eigenvalue weighted by molar-refractivity contribution is 0.0393. The molecule has 0 aliphatic carbocycles. The van der Waals surface area contributed by atoms with Crippen molar-refractivity contribution >= 4 is 50.8 Å². The van der Waals surface area contributed by atoms with Gasteiger partial charge >= 0.3 is 5.97 Å². The number of anilines is 2. The lowest BCUT2D eigenvalue weighted by Crippen LogP contribution is -2.09. The van der Waals surface area contributed by atoms with Crippen LogP contribution in [0.5, 0.6) is 0 Å². The molecule has 2 heterocycles. The number of esters is 1. The van der Waals surface area contributed by atoms with Crippen LogP contribution in [0.2, 0.25) is 0 Å². The van der Waals surface area contributed by atoms with Gasteiger partial charge in [-0.2, -0.15) is 0 Å². The van der Waals surface area contributed by atoms with Gasteiger partial charge in [0, 0.05) is 17.7 Å². The van der Waals surface area contributed by atoms with Crippen molar-refractivity contribution in [2.24, 2.45) is 0 Å². The number of thioether (sulfide) groups is 1. The molecule has 6 nitrogen and oxygen atoms in total. The number of hydrogen-bond donors (Lipinski definition) is 1. The summed E-state index contributed by atoms with van der Waals surface area (Å²) in [6.07, 6.45) is 3.53. The summed E-state index contributed by atoms with van der Waals surface area (Å²) in [7, 11) is 1.57. The molecule has 0 spiro atoms. The van der Waals surface area contributed by atoms with Gasteiger partial charge in [-0.3, -0.25) is 0 Å². The molecule has 0 aliphatic heterocycles. The molecular formula is C18H19N3O3S2. The van der Waals surface area contributed by atoms with Gasteiger partial charge in [0.05, 0.1) is 12.0 Å². The van der Waals surface area contributed by atoms with Crippen molar-refractivity contribution in [3.05, 3.63) is 41.0 Å². The lowest BCUT2D eigenvalue weighted by Gasteiger charge is -2.08. The number of rotatable bonds is 7. The Bertz CT molecular complexity index is 927. The zero-order valence-electron chi connectivity index (χ0n) is 14.7. The van der Waals surface area contributed by atoms with Crippen molar-refractivity contribution in [1.29, 1.82) is 0 Å². The maximum atomic E-state index is 12.3. The minimum Gasteiger partial charge on any atom is -0.459 e. The SMILES string of the molecule is COCCOC(=O)c1sc2ncnc(Nc3cccc(SC)c3)c2c1C. The highest BCUT2D eigenvalue weighted by Gasteiger charge is 2.20. The van der Waals surface area contributed by atoms with E-state index in [-0.39, 0.29) is 12.6 Å². The Balaban J connectivity index is 1.93. The highest BCUT2D eigenvalue weighted by atomic mass is 32.2. The molecule has 0 aliphatic rings. The summed E-state index contributed by atoms with van der Waals surface area (Å²) in [5.41, 5.74) is 1.75. The first-order valence-corrected chi connectivity index (χ1v) is 9.99. The Kier molecular flexibility index (Phi) is 6.08. The maximum absolute atomic E-state index is 12.3. The summed E-state index contributed by atoms with van der Waals surface area (Å²) < 4.78 is 10.2. The van der Waals surface area contributed by atoms with Crippen LogP contribution in [0.15, 0.2) is 35.5 Å². The van der Waals surface area contributed by atoms with Gasteiger partial charge in [-0.1, -0.05) is 6.07 Å². The molecule has 0 saturated carbocycles. The molecule has 1 N–H and O–H groups in total. The molecule has 3 aromatic rings. The molecule has 3 rings (SSSR count). The van der Waals surface area contributed by atoms with Gasteiger partial charge in [0.15, 0.2) is 0 Å². The second-order valence-corrected chi connectivity index (χ2v) is 7.32. The Labute approximate surface area is 160 Å². The molecule has 0 unspecified atom stereocenters. The zero-order chi connectivity index (χ0) is 18.5. The smallest absolute Gasteiger partial charge is 0.348 e. The number of carbonyl (C=O) groups excluding carboxylic acids is 1. The average Bonchev–Trinajstić information content (AvgIpc) is 3.00. The van der Waals surface area contributed by atoms with Crippen molar-refractivity contribution in [2.45, 2.75) is 11.8 Å². The van der Waals surface area contributed by atoms with E-state index in [4.69, 9.17) is 9.47 Å². The minimum atomic E-state index is -0.363. The van der Waals surface area contributed by atoms with Crippen LogP contribution in [0.25, 0.3) is 10.2 Å². The van der Waals surface area contributed by atoms with E-state index in [9.17, 15) is 4.79 Å². The average molecular weight is 390 g/mol. The highest BCUT2D eigenvalue weighted by Crippen LogP contribution is 2.35. The predicted octanol–water partition coefficient (Wildman–Crippen LogP) is 4.27. The first kappa shape index (κ1) is 18.6. The molecule has 0 amide bonds. The zero-order valence-corrected chi connectivity index (χ0v) is 16.4. The quantitative estimate of drug-likeness (QED) is 0.367. The third kappa shape index (κ3) is 3.98. The van der Waals surface area contributed by atoms with Crippen molar-refractivity contribution in [3.63, 3.8) is 0 Å². The minimum absolute atomic E-state index is 0.223. The maximum Gasteiger partial charge on any atom is 0.348 e. The molecule has 136 valence electrons. The van der Waals surface area contributed by atoms with Crippen molar-refractivity contribution in [1.82, 2.24) is 9.97 Å². The second kappa shape index (κ2) is 8.48. The number of hydrogen-bond acceptors (Lipinski definition) is 8. The number of nitrogens with zero attached hydrogens (tertiary/aromatic N) is 2. The molecule has 0 atom stereocenters. The first-order chi connectivity index (χ1) is 12.6. The molecule has 26 heavy (non-hydrogen) atoms. The van der Waals surface area contributed by atoms with Gasteiger partial charge in [-0.25, -0.2) is 14.8 Å². The van der Waals surface area contributed by atoms with Gasteiger partial charge in [-0.05, 0) is 36.9 Å². The van der Waals surface area contributed by atoms with Crippen LogP contribution in [0.3, 0.4) is 0 Å². The van der Waals surface area contributed by atoms with E-state index in [1.165, 1.54) is 17.7 Å². The summed E-state index contributed by atoms with van der Waals surface area (Å²) in [6, 6.07) is 8.08. The van der Waals surface area contributed by atoms with Crippen LogP contribution >= 0.6 is 23.1 Å². The summed E-state index contributed by atoms with van der Waals surface area (Å²) in [5, 5.41) is 4.18. The Hall–Kier alpha value is -2.16. The standard InChI is InChI=1S/C18H19N3O3S2/c1-11-14-16(21-12-5-4-6-13(9-12)25-3)19-10-20-17(14)26-15(11)18(22)24-8-7-23-2/h4-6,9-10H,7-8H2,1-3H3,(H,19,20,21). The summed E-state index contributed by atoms with van der Waals surface area (Å²) in [4.78, 5) is 23.5. The highest BCUT2D eigenvalue weighted by molar-refractivity contribution is 7.98. The number of methoxy groups -OCH3 is 1. The largest absolute Gasteiger partial charge is 0.459 e. The van der Waals surface area contributed by atoms with E-state index >= 15 is 0 Å². The summed E-state index contributed by atoms with van der Waals surface area (Å²) in [5.74, 6) is 0.316. The number of benzene rings is 1. The van der Waals surface area contributed by atoms with Crippen LogP contribution in [0, 0.1) is 6.92 Å². The van der Waals surface area contributed by atoms with Gasteiger partial charge < -0.3 is 14.8 Å². The molecule has 0 bridgehead atoms. The fourth-order valence-electron chi connectivity index (χ4n) is 2.48. The van der Waals surface area contributed by atoms with Crippen molar-refractivity contribution < 1.29 is 14.3 Å². The number of ether oxygens (including phenoxy) is 2. The normalized spacial score (nSPS) is 10.9. The monoisotopic (exact) mass is 389 g/mol. The van der Waals surface area contributed by atoms with Crippen LogP contribution in [-0.4, -0.2) is 42.5 Å². The number of nitrogens with one attached hydrogen (secondary N) is 1. The second-order valence-electron chi connectivity index (χ2n) is 5.44. The topological polar surface area (TPSA) is 73.3 Å². The van der Waals surface area contributed by atoms with Crippen LogP contribution < -0.4 is 5.32 Å². The van der Waals surface area contributed by atoms with Crippen LogP contribution in [0.4, 0.5) is 11.5 Å². The molecule has 2 aromatic heterocycles. The number of carbonyl (C=O) groups is 1. The van der Waals surface area contributed by atoms with E-state index in [1.54, 1.807) is 18.9 Å². The molecule has 1 aromatic carbocycles. The van der Waals surface area contributed by atoms with Crippen LogP contribution in [-0.2, 0) is 9.47 Å². The Morgan fingerprint density at radius 2 is 2.15 bits per heavy atom. The van der Waals surface area contributed by atoms with Crippen molar-refractivity contribution in [3.8, 4) is 0 Å². The Morgan fingerprint density at radius 3 is 2.92 bits per heavy atom. The van der Waals surface area contributed by atoms with E-state index in [1.807, 2.05) is 25.3 Å². The van der Waals surface area contributed by atoms with Crippen LogP contribution in [0.1, 0.15) is 15.2 Å². The van der Waals surface area contributed by atoms with E-state index in [0.717, 1.165) is 26.4 Å². The van der Waals surface area contributed by atoms with Crippen molar-refractivity contribution in [2.75, 3.05) is 31.9 Å². The van der Waals surface area contributed by atoms with Gasteiger partial charge in [0.2, 0.25) is 0 Å². The summed E-state index contributed by atoms with van der Waals surface area (Å²) in [6.45, 7) is 2.48. The number of fused-ring (bicyclic) bond motifs is 1. The van der Waals surface area contributed by atoms with E-state index < -0.39 is 0 Å². The van der Waals surface area contributed by atoms with E-state index in [0.29, 0.717) is 17.3 Å². The van der Waals surface area contributed by atoms with Gasteiger partial charge in [0.25, 0.3) is 0 Å². The third-order valence-corrected chi connectivity index (χ3v) is 5.67. The Morgan fingerprint density at radius 1 is 1.31 bits per heavy atom. The number of thiophene rings is 1. The summed E-state index contributed by atoms with van der Waals surface area (Å²) >= 11 is 2.99. The molecule has 8 heteroatoms. The van der Waals surface area contributed by atoms with E-state index in [2.05, 4.69) is 27.4 Å². The predicted molar refractivity (Wildman–Crippen MR) is 106 cm³/mol. The lowest BCUT2D eigenvalue weighted by atomic mass is 10.2. The third-order valence-electron chi connectivity index (χ3n) is 3.77. The molecular weight excluding hydrogens is 370 g/mol. The first-order valence-electron chi connectivity index (χ1n) is 7.95. The fraction of sp³-hybridized carbons (Fsp3) is 0.278. The van der Waals surface area contributed by atoms with Gasteiger partial charge in [-0.15, -0.1) is 23.1 Å². The molecule has 0 saturated heterocycles. The molecule has 0 radical (unpaired) electrons. The number of aryl methyl sites for hydroxylation is 1. The number of aromatic nitrogens is 2.